The van der Waals surface area contributed by atoms with E-state index in [1.807, 2.05) is 18.0 Å². The van der Waals surface area contributed by atoms with Crippen LogP contribution in [0, 0.1) is 0 Å². The van der Waals surface area contributed by atoms with Crippen LogP contribution in [-0.4, -0.2) is 22.5 Å². The van der Waals surface area contributed by atoms with Crippen LogP contribution in [0.5, 0.6) is 0 Å². The summed E-state index contributed by atoms with van der Waals surface area (Å²) in [7, 11) is 0. The van der Waals surface area contributed by atoms with Crippen molar-refractivity contribution in [1.29, 1.82) is 0 Å². The predicted octanol–water partition coefficient (Wildman–Crippen LogP) is 4.24. The molecule has 0 aliphatic rings. The number of nitrogens with zero attached hydrogens (tertiary/aromatic N) is 1. The number of anilines is 1. The molecule has 1 N–H and O–H groups in total. The van der Waals surface area contributed by atoms with Gasteiger partial charge in [0.1, 0.15) is 5.82 Å². The number of pyridine rings is 1. The Morgan fingerprint density at radius 2 is 2.35 bits per heavy atom. The molecule has 2 rings (SSSR count). The Balaban J connectivity index is 2.00. The second kappa shape index (κ2) is 6.26. The smallest absolute Gasteiger partial charge is 0.134 e. The lowest BCUT2D eigenvalue weighted by atomic mass is 10.2. The lowest BCUT2D eigenvalue weighted by Crippen LogP contribution is -2.16. The zero-order valence-electron chi connectivity index (χ0n) is 10.3. The third kappa shape index (κ3) is 3.36. The summed E-state index contributed by atoms with van der Waals surface area (Å²) in [5, 5.41) is 6.88. The highest BCUT2D eigenvalue weighted by Crippen LogP contribution is 2.26. The van der Waals surface area contributed by atoms with Crippen LogP contribution in [0.2, 0.25) is 0 Å². The normalized spacial score (nSPS) is 12.8. The fraction of sp³-hybridized carbons (Fsp3) is 0.462. The molecule has 0 saturated carbocycles. The minimum atomic E-state index is 0.479. The quantitative estimate of drug-likeness (QED) is 0.792. The first kappa shape index (κ1) is 12.7. The largest absolute Gasteiger partial charge is 0.367 e. The number of hydrogen-bond acceptors (Lipinski definition) is 4. The molecule has 0 amide bonds. The molecular formula is C13H18N2S2. The summed E-state index contributed by atoms with van der Waals surface area (Å²) in [6, 6.07) is 4.69. The second-order valence-electron chi connectivity index (χ2n) is 4.02. The topological polar surface area (TPSA) is 24.9 Å². The third-order valence-electron chi connectivity index (χ3n) is 2.66. The molecule has 0 bridgehead atoms. The highest BCUT2D eigenvalue weighted by Gasteiger charge is 2.06. The zero-order valence-corrected chi connectivity index (χ0v) is 11.9. The first-order valence-corrected chi connectivity index (χ1v) is 8.01. The van der Waals surface area contributed by atoms with E-state index < -0.39 is 0 Å². The Bertz CT molecular complexity index is 467. The lowest BCUT2D eigenvalue weighted by Gasteiger charge is -2.14. The van der Waals surface area contributed by atoms with Crippen LogP contribution in [0.4, 0.5) is 5.82 Å². The van der Waals surface area contributed by atoms with Gasteiger partial charge in [0.25, 0.3) is 0 Å². The molecule has 0 saturated heterocycles. The SMILES string of the molecule is CCSCCC(C)Nc1nccc2sccc12. The van der Waals surface area contributed by atoms with Gasteiger partial charge in [0.2, 0.25) is 0 Å². The molecule has 4 heteroatoms. The van der Waals surface area contributed by atoms with Crippen molar-refractivity contribution in [3.63, 3.8) is 0 Å². The number of thiophene rings is 1. The maximum absolute atomic E-state index is 4.44. The summed E-state index contributed by atoms with van der Waals surface area (Å²) >= 11 is 3.76. The molecule has 0 spiro atoms. The highest BCUT2D eigenvalue weighted by atomic mass is 32.2. The summed E-state index contributed by atoms with van der Waals surface area (Å²) in [6.07, 6.45) is 3.06. The van der Waals surface area contributed by atoms with Crippen LogP contribution >= 0.6 is 23.1 Å². The Hall–Kier alpha value is -0.740. The van der Waals surface area contributed by atoms with E-state index in [-0.39, 0.29) is 0 Å². The number of fused-ring (bicyclic) bond motifs is 1. The zero-order chi connectivity index (χ0) is 12.1. The van der Waals surface area contributed by atoms with Crippen molar-refractivity contribution in [3.8, 4) is 0 Å². The van der Waals surface area contributed by atoms with E-state index in [1.54, 1.807) is 11.3 Å². The summed E-state index contributed by atoms with van der Waals surface area (Å²) in [4.78, 5) is 4.44. The minimum Gasteiger partial charge on any atom is -0.367 e. The second-order valence-corrected chi connectivity index (χ2v) is 6.36. The van der Waals surface area contributed by atoms with Gasteiger partial charge in [-0.15, -0.1) is 11.3 Å². The van der Waals surface area contributed by atoms with E-state index in [2.05, 4.69) is 41.7 Å². The van der Waals surface area contributed by atoms with Crippen LogP contribution < -0.4 is 5.32 Å². The van der Waals surface area contributed by atoms with Crippen LogP contribution in [0.3, 0.4) is 0 Å². The molecule has 2 aromatic heterocycles. The van der Waals surface area contributed by atoms with Gasteiger partial charge < -0.3 is 5.32 Å². The molecule has 1 atom stereocenters. The van der Waals surface area contributed by atoms with Gasteiger partial charge in [0, 0.05) is 22.3 Å². The standard InChI is InChI=1S/C13H18N2S2/c1-3-16-8-5-10(2)15-13-11-6-9-17-12(11)4-7-14-13/h4,6-7,9-10H,3,5,8H2,1-2H3,(H,14,15). The molecule has 0 fully saturated rings. The molecule has 17 heavy (non-hydrogen) atoms. The fourth-order valence-corrected chi connectivity index (χ4v) is 3.31. The summed E-state index contributed by atoms with van der Waals surface area (Å²) in [6.45, 7) is 4.43. The molecule has 0 aliphatic carbocycles. The first-order valence-electron chi connectivity index (χ1n) is 5.97. The van der Waals surface area contributed by atoms with E-state index in [0.717, 1.165) is 5.82 Å². The number of hydrogen-bond donors (Lipinski definition) is 1. The van der Waals surface area contributed by atoms with Gasteiger partial charge in [0.15, 0.2) is 0 Å². The van der Waals surface area contributed by atoms with Crippen molar-refractivity contribution >= 4 is 39.0 Å². The fourth-order valence-electron chi connectivity index (χ4n) is 1.72. The van der Waals surface area contributed by atoms with Gasteiger partial charge >= 0.3 is 0 Å². The maximum Gasteiger partial charge on any atom is 0.134 e. The van der Waals surface area contributed by atoms with E-state index >= 15 is 0 Å². The molecule has 0 radical (unpaired) electrons. The number of rotatable bonds is 6. The number of thioether (sulfide) groups is 1. The molecule has 2 nitrogen and oxygen atoms in total. The van der Waals surface area contributed by atoms with Crippen molar-refractivity contribution in [2.75, 3.05) is 16.8 Å². The third-order valence-corrected chi connectivity index (χ3v) is 4.48. The van der Waals surface area contributed by atoms with Gasteiger partial charge in [-0.1, -0.05) is 6.92 Å². The van der Waals surface area contributed by atoms with Crippen LogP contribution in [-0.2, 0) is 0 Å². The van der Waals surface area contributed by atoms with Crippen molar-refractivity contribution in [3.05, 3.63) is 23.7 Å². The summed E-state index contributed by atoms with van der Waals surface area (Å²) in [5.41, 5.74) is 0. The molecule has 2 heterocycles. The average molecular weight is 266 g/mol. The molecule has 0 aliphatic heterocycles. The highest BCUT2D eigenvalue weighted by molar-refractivity contribution is 7.99. The lowest BCUT2D eigenvalue weighted by molar-refractivity contribution is 0.768. The summed E-state index contributed by atoms with van der Waals surface area (Å²) in [5.74, 6) is 3.44. The molecule has 2 aromatic rings. The van der Waals surface area contributed by atoms with Crippen LogP contribution in [0.15, 0.2) is 23.7 Å². The molecule has 0 aromatic carbocycles. The van der Waals surface area contributed by atoms with E-state index in [0.29, 0.717) is 6.04 Å². The van der Waals surface area contributed by atoms with Crippen molar-refractivity contribution < 1.29 is 0 Å². The van der Waals surface area contributed by atoms with Gasteiger partial charge in [-0.3, -0.25) is 0 Å². The predicted molar refractivity (Wildman–Crippen MR) is 80.3 cm³/mol. The monoisotopic (exact) mass is 266 g/mol. The Kier molecular flexibility index (Phi) is 4.68. The Morgan fingerprint density at radius 1 is 1.47 bits per heavy atom. The summed E-state index contributed by atoms with van der Waals surface area (Å²) < 4.78 is 1.30. The molecule has 92 valence electrons. The molecule has 1 unspecified atom stereocenters. The van der Waals surface area contributed by atoms with E-state index in [1.165, 1.54) is 28.0 Å². The number of nitrogens with one attached hydrogen (secondary N) is 1. The van der Waals surface area contributed by atoms with Gasteiger partial charge in [-0.25, -0.2) is 4.98 Å². The Morgan fingerprint density at radius 3 is 3.18 bits per heavy atom. The number of aromatic nitrogens is 1. The van der Waals surface area contributed by atoms with Gasteiger partial charge in [-0.2, -0.15) is 11.8 Å². The first-order chi connectivity index (χ1) is 8.31. The van der Waals surface area contributed by atoms with Crippen molar-refractivity contribution in [2.45, 2.75) is 26.3 Å². The average Bonchev–Trinajstić information content (AvgIpc) is 2.78. The van der Waals surface area contributed by atoms with E-state index in [9.17, 15) is 0 Å². The van der Waals surface area contributed by atoms with Crippen LogP contribution in [0.25, 0.3) is 10.1 Å². The molecular weight excluding hydrogens is 248 g/mol. The van der Waals surface area contributed by atoms with Gasteiger partial charge in [0.05, 0.1) is 0 Å². The van der Waals surface area contributed by atoms with E-state index in [4.69, 9.17) is 0 Å². The van der Waals surface area contributed by atoms with Crippen LogP contribution in [0.1, 0.15) is 20.3 Å². The maximum atomic E-state index is 4.44. The van der Waals surface area contributed by atoms with Crippen molar-refractivity contribution in [2.24, 2.45) is 0 Å². The van der Waals surface area contributed by atoms with Gasteiger partial charge in [-0.05, 0) is 42.4 Å². The Labute approximate surface area is 111 Å². The minimum absolute atomic E-state index is 0.479. The van der Waals surface area contributed by atoms with Crippen molar-refractivity contribution in [1.82, 2.24) is 4.98 Å².